The van der Waals surface area contributed by atoms with Crippen LogP contribution in [0.2, 0.25) is 0 Å². The van der Waals surface area contributed by atoms with E-state index < -0.39 is 0 Å². The van der Waals surface area contributed by atoms with Crippen LogP contribution in [0.25, 0.3) is 0 Å². The van der Waals surface area contributed by atoms with Crippen LogP contribution in [0, 0.1) is 11.3 Å². The van der Waals surface area contributed by atoms with E-state index in [4.69, 9.17) is 5.73 Å². The standard InChI is InChI=1S/C12H25N/c1-9(2)7-12(5,6)8-10(3)11(4)13/h9H,7-8,13H2,1-6H3/b11-10+. The molecule has 0 aliphatic rings. The Morgan fingerprint density at radius 1 is 1.23 bits per heavy atom. The van der Waals surface area contributed by atoms with E-state index >= 15 is 0 Å². The topological polar surface area (TPSA) is 26.0 Å². The fraction of sp³-hybridized carbons (Fsp3) is 0.833. The van der Waals surface area contributed by atoms with Gasteiger partial charge < -0.3 is 5.73 Å². The molecule has 0 heterocycles. The van der Waals surface area contributed by atoms with Crippen molar-refractivity contribution in [3.63, 3.8) is 0 Å². The second-order valence-corrected chi connectivity index (χ2v) is 5.40. The molecule has 0 aromatic heterocycles. The minimum Gasteiger partial charge on any atom is -0.402 e. The molecule has 0 aromatic carbocycles. The molecule has 0 aliphatic heterocycles. The van der Waals surface area contributed by atoms with Crippen molar-refractivity contribution in [2.75, 3.05) is 0 Å². The summed E-state index contributed by atoms with van der Waals surface area (Å²) in [4.78, 5) is 0. The monoisotopic (exact) mass is 183 g/mol. The van der Waals surface area contributed by atoms with Gasteiger partial charge in [0.15, 0.2) is 0 Å². The SMILES string of the molecule is C/C(N)=C(/C)CC(C)(C)CC(C)C. The molecule has 0 saturated carbocycles. The minimum absolute atomic E-state index is 0.388. The summed E-state index contributed by atoms with van der Waals surface area (Å²) in [6, 6.07) is 0. The summed E-state index contributed by atoms with van der Waals surface area (Å²) < 4.78 is 0. The van der Waals surface area contributed by atoms with Crippen molar-refractivity contribution >= 4 is 0 Å². The maximum absolute atomic E-state index is 5.75. The van der Waals surface area contributed by atoms with Crippen molar-refractivity contribution in [3.05, 3.63) is 11.3 Å². The lowest BCUT2D eigenvalue weighted by Crippen LogP contribution is -2.16. The Bertz CT molecular complexity index is 183. The van der Waals surface area contributed by atoms with Crippen LogP contribution in [0.4, 0.5) is 0 Å². The highest BCUT2D eigenvalue weighted by Crippen LogP contribution is 2.32. The summed E-state index contributed by atoms with van der Waals surface area (Å²) in [6.45, 7) is 13.3. The average molecular weight is 183 g/mol. The zero-order chi connectivity index (χ0) is 10.6. The lowest BCUT2D eigenvalue weighted by Gasteiger charge is -2.27. The smallest absolute Gasteiger partial charge is 0.00381 e. The average Bonchev–Trinajstić information content (AvgIpc) is 1.81. The summed E-state index contributed by atoms with van der Waals surface area (Å²) in [6.07, 6.45) is 2.38. The fourth-order valence-corrected chi connectivity index (χ4v) is 2.03. The van der Waals surface area contributed by atoms with E-state index in [0.717, 1.165) is 18.0 Å². The van der Waals surface area contributed by atoms with Crippen molar-refractivity contribution in [3.8, 4) is 0 Å². The fourth-order valence-electron chi connectivity index (χ4n) is 2.03. The predicted octanol–water partition coefficient (Wildman–Crippen LogP) is 3.70. The van der Waals surface area contributed by atoms with E-state index in [0.29, 0.717) is 5.41 Å². The molecular formula is C12H25N. The first-order valence-corrected chi connectivity index (χ1v) is 5.16. The van der Waals surface area contributed by atoms with Crippen molar-refractivity contribution in [1.29, 1.82) is 0 Å². The van der Waals surface area contributed by atoms with Crippen molar-refractivity contribution in [1.82, 2.24) is 0 Å². The summed E-state index contributed by atoms with van der Waals surface area (Å²) in [7, 11) is 0. The normalized spacial score (nSPS) is 14.7. The van der Waals surface area contributed by atoms with Gasteiger partial charge in [-0.15, -0.1) is 0 Å². The molecule has 0 rings (SSSR count). The van der Waals surface area contributed by atoms with Crippen molar-refractivity contribution < 1.29 is 0 Å². The van der Waals surface area contributed by atoms with Gasteiger partial charge in [-0.3, -0.25) is 0 Å². The Labute approximate surface area is 83.4 Å². The van der Waals surface area contributed by atoms with Crippen molar-refractivity contribution in [2.24, 2.45) is 17.1 Å². The highest BCUT2D eigenvalue weighted by Gasteiger charge is 2.20. The third kappa shape index (κ3) is 5.73. The van der Waals surface area contributed by atoms with Gasteiger partial charge in [0.25, 0.3) is 0 Å². The molecule has 0 fully saturated rings. The summed E-state index contributed by atoms with van der Waals surface area (Å²) >= 11 is 0. The lowest BCUT2D eigenvalue weighted by atomic mass is 9.79. The van der Waals surface area contributed by atoms with Gasteiger partial charge in [-0.1, -0.05) is 33.3 Å². The summed E-state index contributed by atoms with van der Waals surface area (Å²) in [5.74, 6) is 0.765. The molecule has 0 spiro atoms. The van der Waals surface area contributed by atoms with Crippen molar-refractivity contribution in [2.45, 2.75) is 54.4 Å². The van der Waals surface area contributed by atoms with Crippen LogP contribution in [0.3, 0.4) is 0 Å². The zero-order valence-electron chi connectivity index (χ0n) is 10.1. The van der Waals surface area contributed by atoms with Gasteiger partial charge in [0.2, 0.25) is 0 Å². The Hall–Kier alpha value is -0.460. The quantitative estimate of drug-likeness (QED) is 0.706. The minimum atomic E-state index is 0.388. The molecule has 1 nitrogen and oxygen atoms in total. The van der Waals surface area contributed by atoms with Crippen LogP contribution in [-0.4, -0.2) is 0 Å². The van der Waals surface area contributed by atoms with E-state index in [1.54, 1.807) is 0 Å². The van der Waals surface area contributed by atoms with Gasteiger partial charge in [0.05, 0.1) is 0 Å². The first-order chi connectivity index (χ1) is 5.74. The third-order valence-corrected chi connectivity index (χ3v) is 2.38. The molecule has 2 N–H and O–H groups in total. The van der Waals surface area contributed by atoms with Gasteiger partial charge in [0, 0.05) is 5.70 Å². The molecule has 78 valence electrons. The molecular weight excluding hydrogens is 158 g/mol. The highest BCUT2D eigenvalue weighted by molar-refractivity contribution is 5.07. The number of rotatable bonds is 4. The largest absolute Gasteiger partial charge is 0.402 e. The molecule has 1 heteroatoms. The van der Waals surface area contributed by atoms with E-state index in [2.05, 4.69) is 34.6 Å². The molecule has 0 amide bonds. The maximum Gasteiger partial charge on any atom is 0.00381 e. The Kier molecular flexibility index (Phi) is 4.52. The Balaban J connectivity index is 4.25. The van der Waals surface area contributed by atoms with Crippen LogP contribution in [-0.2, 0) is 0 Å². The molecule has 0 bridgehead atoms. The number of hydrogen-bond acceptors (Lipinski definition) is 1. The van der Waals surface area contributed by atoms with Crippen LogP contribution < -0.4 is 5.73 Å². The Morgan fingerprint density at radius 3 is 2.00 bits per heavy atom. The lowest BCUT2D eigenvalue weighted by molar-refractivity contribution is 0.284. The van der Waals surface area contributed by atoms with E-state index in [1.807, 2.05) is 6.92 Å². The van der Waals surface area contributed by atoms with Crippen LogP contribution >= 0.6 is 0 Å². The summed E-state index contributed by atoms with van der Waals surface area (Å²) in [5, 5.41) is 0. The molecule has 13 heavy (non-hydrogen) atoms. The predicted molar refractivity (Wildman–Crippen MR) is 60.4 cm³/mol. The van der Waals surface area contributed by atoms with Gasteiger partial charge in [-0.2, -0.15) is 0 Å². The molecule has 0 unspecified atom stereocenters. The molecule has 0 aromatic rings. The number of hydrogen-bond donors (Lipinski definition) is 1. The molecule has 0 atom stereocenters. The van der Waals surface area contributed by atoms with E-state index in [9.17, 15) is 0 Å². The highest BCUT2D eigenvalue weighted by atomic mass is 14.6. The third-order valence-electron chi connectivity index (χ3n) is 2.38. The first-order valence-electron chi connectivity index (χ1n) is 5.16. The van der Waals surface area contributed by atoms with Gasteiger partial charge in [-0.05, 0) is 38.0 Å². The maximum atomic E-state index is 5.75. The van der Waals surface area contributed by atoms with Crippen LogP contribution in [0.15, 0.2) is 11.3 Å². The Morgan fingerprint density at radius 2 is 1.69 bits per heavy atom. The number of allylic oxidation sites excluding steroid dienone is 2. The van der Waals surface area contributed by atoms with Crippen LogP contribution in [0.5, 0.6) is 0 Å². The van der Waals surface area contributed by atoms with Crippen LogP contribution in [0.1, 0.15) is 54.4 Å². The second-order valence-electron chi connectivity index (χ2n) is 5.40. The zero-order valence-corrected chi connectivity index (χ0v) is 10.1. The first kappa shape index (κ1) is 12.5. The van der Waals surface area contributed by atoms with E-state index in [1.165, 1.54) is 12.0 Å². The van der Waals surface area contributed by atoms with Gasteiger partial charge in [-0.25, -0.2) is 0 Å². The molecule has 0 aliphatic carbocycles. The molecule has 0 saturated heterocycles. The van der Waals surface area contributed by atoms with E-state index in [-0.39, 0.29) is 0 Å². The summed E-state index contributed by atoms with van der Waals surface area (Å²) in [5.41, 5.74) is 8.46. The van der Waals surface area contributed by atoms with Gasteiger partial charge in [0.1, 0.15) is 0 Å². The number of nitrogens with two attached hydrogens (primary N) is 1. The molecule has 0 radical (unpaired) electrons. The van der Waals surface area contributed by atoms with Gasteiger partial charge >= 0.3 is 0 Å². The second kappa shape index (κ2) is 4.69.